The lowest BCUT2D eigenvalue weighted by molar-refractivity contribution is -0.149. The predicted octanol–water partition coefficient (Wildman–Crippen LogP) is 2.04. The molecule has 2 heterocycles. The molecule has 1 saturated carbocycles. The number of thioether (sulfide) groups is 1. The van der Waals surface area contributed by atoms with Crippen LogP contribution in [0.15, 0.2) is 11.1 Å². The van der Waals surface area contributed by atoms with Gasteiger partial charge in [-0.05, 0) is 43.9 Å². The normalized spacial score (nSPS) is 26.4. The van der Waals surface area contributed by atoms with Crippen molar-refractivity contribution >= 4 is 41.5 Å². The van der Waals surface area contributed by atoms with E-state index in [2.05, 4.69) is 26.1 Å². The van der Waals surface area contributed by atoms with E-state index in [1.807, 2.05) is 0 Å². The van der Waals surface area contributed by atoms with Gasteiger partial charge in [0, 0.05) is 0 Å². The third-order valence-corrected chi connectivity index (χ3v) is 7.64. The molecule has 3 fully saturated rings. The van der Waals surface area contributed by atoms with E-state index in [-0.39, 0.29) is 42.7 Å². The number of hydrogen-bond donors (Lipinski definition) is 1. The van der Waals surface area contributed by atoms with Crippen LogP contribution in [-0.4, -0.2) is 77.2 Å². The first-order valence-corrected chi connectivity index (χ1v) is 12.6. The Morgan fingerprint density at radius 3 is 2.44 bits per heavy atom. The van der Waals surface area contributed by atoms with Gasteiger partial charge < -0.3 is 19.7 Å². The van der Waals surface area contributed by atoms with Crippen LogP contribution < -0.4 is 5.32 Å². The van der Waals surface area contributed by atoms with Gasteiger partial charge in [0.1, 0.15) is 18.7 Å². The average Bonchev–Trinajstić information content (AvgIpc) is 3.20. The third kappa shape index (κ3) is 5.73. The van der Waals surface area contributed by atoms with Gasteiger partial charge in [0.15, 0.2) is 0 Å². The van der Waals surface area contributed by atoms with Crippen LogP contribution in [0.4, 0.5) is 4.79 Å². The Kier molecular flexibility index (Phi) is 7.95. The Bertz CT molecular complexity index is 887. The molecule has 2 aliphatic heterocycles. The van der Waals surface area contributed by atoms with Crippen molar-refractivity contribution < 1.29 is 33.4 Å². The van der Waals surface area contributed by atoms with Crippen molar-refractivity contribution in [1.82, 2.24) is 15.1 Å². The third-order valence-electron chi connectivity index (χ3n) is 6.61. The zero-order chi connectivity index (χ0) is 25.1. The highest BCUT2D eigenvalue weighted by Crippen LogP contribution is 2.43. The lowest BCUT2D eigenvalue weighted by Gasteiger charge is -2.40. The molecule has 188 valence electrons. The number of carbonyl (C=O) groups is 5. The van der Waals surface area contributed by atoms with Crippen molar-refractivity contribution in [1.29, 1.82) is 0 Å². The Labute approximate surface area is 203 Å². The van der Waals surface area contributed by atoms with Crippen LogP contribution in [0.25, 0.3) is 0 Å². The summed E-state index contributed by atoms with van der Waals surface area (Å²) >= 11 is 1.20. The summed E-state index contributed by atoms with van der Waals surface area (Å²) in [7, 11) is 0. The molecule has 10 nitrogen and oxygen atoms in total. The highest BCUT2D eigenvalue weighted by atomic mass is 32.2. The molecule has 0 atom stereocenters. The first-order chi connectivity index (χ1) is 16.0. The molecule has 3 aliphatic rings. The van der Waals surface area contributed by atoms with Crippen LogP contribution in [0.1, 0.15) is 53.4 Å². The lowest BCUT2D eigenvalue weighted by atomic mass is 9.67. The Balaban J connectivity index is 1.50. The number of nitrogens with one attached hydrogen (secondary N) is 1. The van der Waals surface area contributed by atoms with E-state index in [1.165, 1.54) is 22.7 Å². The van der Waals surface area contributed by atoms with Crippen molar-refractivity contribution in [2.45, 2.75) is 58.9 Å². The van der Waals surface area contributed by atoms with E-state index >= 15 is 0 Å². The summed E-state index contributed by atoms with van der Waals surface area (Å²) in [5.41, 5.74) is -0.803. The number of amides is 4. The fraction of sp³-hybridized carbons (Fsp3) is 0.696. The van der Waals surface area contributed by atoms with E-state index in [0.717, 1.165) is 17.7 Å². The highest BCUT2D eigenvalue weighted by molar-refractivity contribution is 8.04. The summed E-state index contributed by atoms with van der Waals surface area (Å²) in [5.74, 6) is -1.23. The van der Waals surface area contributed by atoms with Crippen LogP contribution in [0.3, 0.4) is 0 Å². The quantitative estimate of drug-likeness (QED) is 0.323. The summed E-state index contributed by atoms with van der Waals surface area (Å²) in [5, 5.41) is 3.24. The molecule has 0 unspecified atom stereocenters. The molecule has 0 bridgehead atoms. The fourth-order valence-electron chi connectivity index (χ4n) is 4.61. The molecule has 11 heteroatoms. The van der Waals surface area contributed by atoms with Crippen molar-refractivity contribution in [2.24, 2.45) is 11.3 Å². The Morgan fingerprint density at radius 1 is 1.15 bits per heavy atom. The molecule has 1 spiro atoms. The number of nitrogens with zero attached hydrogens (tertiary/aromatic N) is 2. The van der Waals surface area contributed by atoms with Crippen LogP contribution in [0.5, 0.6) is 0 Å². The van der Waals surface area contributed by atoms with Crippen molar-refractivity contribution in [3.63, 3.8) is 0 Å². The molecule has 1 N–H and O–H groups in total. The summed E-state index contributed by atoms with van der Waals surface area (Å²) in [4.78, 5) is 63.9. The molecule has 4 amide bonds. The van der Waals surface area contributed by atoms with Gasteiger partial charge in [-0.15, -0.1) is 0 Å². The second-order valence-electron chi connectivity index (χ2n) is 9.83. The summed E-state index contributed by atoms with van der Waals surface area (Å²) in [6, 6.07) is -0.582. The molecule has 0 radical (unpaired) electrons. The van der Waals surface area contributed by atoms with Crippen molar-refractivity contribution in [3.8, 4) is 0 Å². The molecule has 0 aromatic heterocycles. The highest BCUT2D eigenvalue weighted by Gasteiger charge is 2.53. The first kappa shape index (κ1) is 26.1. The van der Waals surface area contributed by atoms with Gasteiger partial charge in [-0.2, -0.15) is 0 Å². The second kappa shape index (κ2) is 10.4. The minimum absolute atomic E-state index is 0.0566. The topological polar surface area (TPSA) is 122 Å². The number of carbonyl (C=O) groups excluding carboxylic acids is 5. The van der Waals surface area contributed by atoms with Crippen LogP contribution in [0, 0.1) is 11.3 Å². The van der Waals surface area contributed by atoms with Crippen molar-refractivity contribution in [3.05, 3.63) is 11.1 Å². The molecule has 1 aliphatic carbocycles. The zero-order valence-electron chi connectivity index (χ0n) is 20.2. The number of urea groups is 1. The number of ether oxygens (including phenoxy) is 2. The SMILES string of the molecule is CCOC(=O)/C=C1/SCC(=O)N1CCOC(=O)CN1C(=O)NC2(CCC(C(C)(C)C)CC2)C1=O. The maximum Gasteiger partial charge on any atom is 0.333 e. The van der Waals surface area contributed by atoms with E-state index in [9.17, 15) is 24.0 Å². The Hall–Kier alpha value is -2.56. The van der Waals surface area contributed by atoms with Gasteiger partial charge >= 0.3 is 18.0 Å². The largest absolute Gasteiger partial charge is 0.463 e. The number of esters is 2. The Morgan fingerprint density at radius 2 is 1.82 bits per heavy atom. The van der Waals surface area contributed by atoms with Gasteiger partial charge in [-0.25, -0.2) is 9.59 Å². The minimum atomic E-state index is -0.939. The van der Waals surface area contributed by atoms with E-state index < -0.39 is 30.1 Å². The van der Waals surface area contributed by atoms with Gasteiger partial charge in [-0.3, -0.25) is 19.3 Å². The summed E-state index contributed by atoms with van der Waals surface area (Å²) in [6.45, 7) is 7.88. The average molecular weight is 496 g/mol. The lowest BCUT2D eigenvalue weighted by Crippen LogP contribution is -2.50. The number of rotatable bonds is 7. The molecular formula is C23H33N3O7S. The monoisotopic (exact) mass is 495 g/mol. The molecule has 0 aromatic carbocycles. The van der Waals surface area contributed by atoms with Gasteiger partial charge in [0.2, 0.25) is 5.91 Å². The van der Waals surface area contributed by atoms with Crippen LogP contribution in [-0.2, 0) is 28.7 Å². The van der Waals surface area contributed by atoms with Gasteiger partial charge in [0.25, 0.3) is 5.91 Å². The van der Waals surface area contributed by atoms with Gasteiger partial charge in [-0.1, -0.05) is 32.5 Å². The predicted molar refractivity (Wildman–Crippen MR) is 124 cm³/mol. The molecule has 34 heavy (non-hydrogen) atoms. The first-order valence-electron chi connectivity index (χ1n) is 11.6. The van der Waals surface area contributed by atoms with Crippen molar-refractivity contribution in [2.75, 3.05) is 32.1 Å². The number of imide groups is 1. The standard InChI is InChI=1S/C23H33N3O7S/c1-5-32-18(28)12-17-25(16(27)14-34-17)10-11-33-19(29)13-26-20(30)23(24-21(26)31)8-6-15(7-9-23)22(2,3)4/h12,15H,5-11,13-14H2,1-4H3,(H,24,31)/b17-12+. The molecule has 3 rings (SSSR count). The summed E-state index contributed by atoms with van der Waals surface area (Å²) < 4.78 is 10.1. The van der Waals surface area contributed by atoms with Gasteiger partial charge in [0.05, 0.1) is 30.0 Å². The summed E-state index contributed by atoms with van der Waals surface area (Å²) in [6.07, 6.45) is 4.00. The van der Waals surface area contributed by atoms with E-state index in [1.54, 1.807) is 6.92 Å². The van der Waals surface area contributed by atoms with E-state index in [4.69, 9.17) is 9.47 Å². The maximum atomic E-state index is 13.0. The zero-order valence-corrected chi connectivity index (χ0v) is 21.0. The maximum absolute atomic E-state index is 13.0. The minimum Gasteiger partial charge on any atom is -0.463 e. The second-order valence-corrected chi connectivity index (χ2v) is 10.8. The van der Waals surface area contributed by atoms with E-state index in [0.29, 0.717) is 23.8 Å². The fourth-order valence-corrected chi connectivity index (χ4v) is 5.57. The van der Waals surface area contributed by atoms with Crippen LogP contribution in [0.2, 0.25) is 0 Å². The molecule has 2 saturated heterocycles. The molecular weight excluding hydrogens is 462 g/mol. The van der Waals surface area contributed by atoms with Crippen LogP contribution >= 0.6 is 11.8 Å². The number of hydrogen-bond acceptors (Lipinski definition) is 8. The molecule has 0 aromatic rings. The smallest absolute Gasteiger partial charge is 0.333 e.